The van der Waals surface area contributed by atoms with Gasteiger partial charge in [0.05, 0.1) is 12.1 Å². The van der Waals surface area contributed by atoms with E-state index in [1.165, 1.54) is 36.7 Å². The molecule has 3 aromatic rings. The van der Waals surface area contributed by atoms with E-state index in [1.54, 1.807) is 25.2 Å². The molecule has 7 nitrogen and oxygen atoms in total. The summed E-state index contributed by atoms with van der Waals surface area (Å²) < 4.78 is 14.9. The Morgan fingerprint density at radius 1 is 1.20 bits per heavy atom. The molecule has 0 saturated heterocycles. The molecule has 0 fully saturated rings. The molecule has 0 radical (unpaired) electrons. The molecule has 1 aromatic heterocycles. The van der Waals surface area contributed by atoms with Crippen molar-refractivity contribution in [1.82, 2.24) is 9.88 Å². The minimum Gasteiger partial charge on any atom is -0.388 e. The van der Waals surface area contributed by atoms with Gasteiger partial charge in [0, 0.05) is 36.3 Å². The van der Waals surface area contributed by atoms with Crippen LogP contribution < -0.4 is 5.32 Å². The van der Waals surface area contributed by atoms with Crippen molar-refractivity contribution in [1.29, 1.82) is 5.41 Å². The number of aromatic nitrogens is 1. The number of fused-ring (bicyclic) bond motifs is 1. The molecule has 0 atom stereocenters. The van der Waals surface area contributed by atoms with Gasteiger partial charge in [0.15, 0.2) is 0 Å². The molecule has 1 amide bonds. The van der Waals surface area contributed by atoms with E-state index in [1.807, 2.05) is 6.07 Å². The molecular formula is C22H19FN4O3. The number of benzene rings is 2. The molecule has 152 valence electrons. The van der Waals surface area contributed by atoms with Gasteiger partial charge in [-0.15, -0.1) is 0 Å². The maximum absolute atomic E-state index is 14.9. The van der Waals surface area contributed by atoms with E-state index in [-0.39, 0.29) is 23.4 Å². The zero-order valence-corrected chi connectivity index (χ0v) is 16.1. The lowest BCUT2D eigenvalue weighted by molar-refractivity contribution is -0.255. The summed E-state index contributed by atoms with van der Waals surface area (Å²) in [5, 5.41) is 31.4. The summed E-state index contributed by atoms with van der Waals surface area (Å²) in [7, 11) is 1.76. The fourth-order valence-corrected chi connectivity index (χ4v) is 3.56. The lowest BCUT2D eigenvalue weighted by Gasteiger charge is -2.28. The molecule has 0 aliphatic carbocycles. The Kier molecular flexibility index (Phi) is 4.81. The SMILES string of the molecule is CNc1ccc(-c2ccc(CN3C(=O)c4cccnc4C3(O)O)c(F)c2)cc1C=N. The highest BCUT2D eigenvalue weighted by Gasteiger charge is 2.49. The first-order valence-corrected chi connectivity index (χ1v) is 9.20. The monoisotopic (exact) mass is 406 g/mol. The van der Waals surface area contributed by atoms with Gasteiger partial charge >= 0.3 is 0 Å². The van der Waals surface area contributed by atoms with Gasteiger partial charge in [-0.1, -0.05) is 18.2 Å². The number of carbonyl (C=O) groups excluding carboxylic acids is 1. The largest absolute Gasteiger partial charge is 0.388 e. The summed E-state index contributed by atoms with van der Waals surface area (Å²) in [4.78, 5) is 17.2. The number of amides is 1. The van der Waals surface area contributed by atoms with Gasteiger partial charge in [0.25, 0.3) is 11.8 Å². The Hall–Kier alpha value is -3.62. The van der Waals surface area contributed by atoms with Gasteiger partial charge in [-0.05, 0) is 41.5 Å². The summed E-state index contributed by atoms with van der Waals surface area (Å²) in [6, 6.07) is 12.9. The van der Waals surface area contributed by atoms with E-state index in [0.717, 1.165) is 16.2 Å². The number of pyridine rings is 1. The number of carbonyl (C=O) groups is 1. The quantitative estimate of drug-likeness (QED) is 0.385. The Morgan fingerprint density at radius 3 is 2.60 bits per heavy atom. The molecule has 1 aliphatic rings. The normalized spacial score (nSPS) is 14.5. The second-order valence-electron chi connectivity index (χ2n) is 6.93. The van der Waals surface area contributed by atoms with Crippen LogP contribution in [0.3, 0.4) is 0 Å². The highest BCUT2D eigenvalue weighted by atomic mass is 19.1. The number of rotatable bonds is 5. The van der Waals surface area contributed by atoms with Crippen LogP contribution in [0.4, 0.5) is 10.1 Å². The Bertz CT molecular complexity index is 1160. The zero-order valence-electron chi connectivity index (χ0n) is 16.1. The van der Waals surface area contributed by atoms with Crippen molar-refractivity contribution in [2.24, 2.45) is 0 Å². The van der Waals surface area contributed by atoms with Crippen molar-refractivity contribution >= 4 is 17.8 Å². The van der Waals surface area contributed by atoms with Gasteiger partial charge in [0.2, 0.25) is 0 Å². The fourth-order valence-electron chi connectivity index (χ4n) is 3.56. The highest BCUT2D eigenvalue weighted by Crippen LogP contribution is 2.35. The summed E-state index contributed by atoms with van der Waals surface area (Å²) in [5.41, 5.74) is 2.81. The summed E-state index contributed by atoms with van der Waals surface area (Å²) >= 11 is 0. The minimum atomic E-state index is -2.61. The van der Waals surface area contributed by atoms with Crippen molar-refractivity contribution in [3.05, 3.63) is 82.9 Å². The van der Waals surface area contributed by atoms with Crippen molar-refractivity contribution < 1.29 is 19.4 Å². The van der Waals surface area contributed by atoms with E-state index in [0.29, 0.717) is 11.1 Å². The third-order valence-corrected chi connectivity index (χ3v) is 5.17. The summed E-state index contributed by atoms with van der Waals surface area (Å²) in [5.74, 6) is -3.83. The summed E-state index contributed by atoms with van der Waals surface area (Å²) in [6.45, 7) is -0.335. The van der Waals surface area contributed by atoms with E-state index < -0.39 is 17.6 Å². The molecular weight excluding hydrogens is 387 g/mol. The van der Waals surface area contributed by atoms with Crippen LogP contribution in [0.1, 0.15) is 27.2 Å². The number of hydrogen-bond donors (Lipinski definition) is 4. The van der Waals surface area contributed by atoms with Crippen molar-refractivity contribution in [2.45, 2.75) is 12.5 Å². The average Bonchev–Trinajstić information content (AvgIpc) is 2.95. The van der Waals surface area contributed by atoms with Gasteiger partial charge in [-0.2, -0.15) is 0 Å². The highest BCUT2D eigenvalue weighted by molar-refractivity contribution is 5.98. The van der Waals surface area contributed by atoms with Crippen LogP contribution in [0, 0.1) is 11.2 Å². The number of hydrogen-bond acceptors (Lipinski definition) is 6. The molecule has 4 rings (SSSR count). The van der Waals surface area contributed by atoms with Crippen molar-refractivity contribution in [3.8, 4) is 11.1 Å². The fraction of sp³-hybridized carbons (Fsp3) is 0.136. The van der Waals surface area contributed by atoms with Crippen molar-refractivity contribution in [2.75, 3.05) is 12.4 Å². The molecule has 0 bridgehead atoms. The van der Waals surface area contributed by atoms with E-state index in [2.05, 4.69) is 10.3 Å². The van der Waals surface area contributed by atoms with Gasteiger partial charge in [0.1, 0.15) is 11.5 Å². The third kappa shape index (κ3) is 3.12. The first-order chi connectivity index (χ1) is 14.4. The van der Waals surface area contributed by atoms with Crippen molar-refractivity contribution in [3.63, 3.8) is 0 Å². The molecule has 2 aromatic carbocycles. The Balaban J connectivity index is 1.64. The second kappa shape index (κ2) is 7.33. The molecule has 30 heavy (non-hydrogen) atoms. The van der Waals surface area contributed by atoms with Gasteiger partial charge in [-0.3, -0.25) is 14.7 Å². The average molecular weight is 406 g/mol. The van der Waals surface area contributed by atoms with Crippen LogP contribution in [-0.2, 0) is 12.5 Å². The van der Waals surface area contributed by atoms with E-state index >= 15 is 0 Å². The van der Waals surface area contributed by atoms with E-state index in [4.69, 9.17) is 5.41 Å². The van der Waals surface area contributed by atoms with Gasteiger partial charge < -0.3 is 20.9 Å². The number of aliphatic hydroxyl groups is 2. The zero-order chi connectivity index (χ0) is 21.5. The van der Waals surface area contributed by atoms with Crippen LogP contribution in [0.2, 0.25) is 0 Å². The molecule has 0 spiro atoms. The maximum atomic E-state index is 14.9. The smallest absolute Gasteiger partial charge is 0.296 e. The predicted octanol–water partition coefficient (Wildman–Crippen LogP) is 2.68. The minimum absolute atomic E-state index is 0.0725. The van der Waals surface area contributed by atoms with Crippen LogP contribution in [0.15, 0.2) is 54.7 Å². The molecule has 4 N–H and O–H groups in total. The molecule has 2 heterocycles. The first kappa shape index (κ1) is 19.7. The Labute approximate surface area is 171 Å². The van der Waals surface area contributed by atoms with Crippen LogP contribution in [-0.4, -0.2) is 39.3 Å². The molecule has 0 saturated carbocycles. The van der Waals surface area contributed by atoms with Gasteiger partial charge in [-0.25, -0.2) is 4.39 Å². The third-order valence-electron chi connectivity index (χ3n) is 5.17. The van der Waals surface area contributed by atoms with E-state index in [9.17, 15) is 19.4 Å². The molecule has 1 aliphatic heterocycles. The second-order valence-corrected chi connectivity index (χ2v) is 6.93. The van der Waals surface area contributed by atoms with Crippen LogP contribution in [0.5, 0.6) is 0 Å². The lowest BCUT2D eigenvalue weighted by atomic mass is 10.0. The maximum Gasteiger partial charge on any atom is 0.296 e. The number of anilines is 1. The van der Waals surface area contributed by atoms with Crippen LogP contribution >= 0.6 is 0 Å². The number of nitrogens with zero attached hydrogens (tertiary/aromatic N) is 2. The summed E-state index contributed by atoms with van der Waals surface area (Å²) in [6.07, 6.45) is 2.57. The Morgan fingerprint density at radius 2 is 1.93 bits per heavy atom. The first-order valence-electron chi connectivity index (χ1n) is 9.20. The lowest BCUT2D eigenvalue weighted by Crippen LogP contribution is -2.43. The standard InChI is InChI=1S/C22H19FN4O3/c1-25-19-7-6-13(9-16(19)11-24)14-4-5-15(18(23)10-14)12-27-21(28)17-3-2-8-26-20(17)22(27,29)30/h2-11,24-25,29-30H,12H2,1H3. The molecule has 0 unspecified atom stereocenters. The number of nitrogens with one attached hydrogen (secondary N) is 2. The topological polar surface area (TPSA) is 110 Å². The number of halogens is 1. The molecule has 8 heteroatoms. The van der Waals surface area contributed by atoms with Crippen LogP contribution in [0.25, 0.3) is 11.1 Å². The predicted molar refractivity (Wildman–Crippen MR) is 109 cm³/mol.